The molecule has 1 aliphatic rings. The molecule has 3 heterocycles. The third-order valence-corrected chi connectivity index (χ3v) is 5.40. The molecule has 7 heteroatoms. The van der Waals surface area contributed by atoms with Crippen LogP contribution >= 0.6 is 0 Å². The van der Waals surface area contributed by atoms with Gasteiger partial charge in [-0.1, -0.05) is 5.16 Å². The van der Waals surface area contributed by atoms with Gasteiger partial charge in [-0.3, -0.25) is 4.79 Å². The van der Waals surface area contributed by atoms with Crippen molar-refractivity contribution in [2.75, 3.05) is 13.1 Å². The van der Waals surface area contributed by atoms with E-state index < -0.39 is 0 Å². The second-order valence-corrected chi connectivity index (χ2v) is 7.33. The minimum Gasteiger partial charge on any atom is -0.361 e. The van der Waals surface area contributed by atoms with E-state index in [1.54, 1.807) is 12.1 Å². The fourth-order valence-corrected chi connectivity index (χ4v) is 3.85. The number of rotatable bonds is 3. The minimum atomic E-state index is -0.309. The minimum absolute atomic E-state index is 0.00890. The van der Waals surface area contributed by atoms with Crippen LogP contribution in [-0.2, 0) is 0 Å². The van der Waals surface area contributed by atoms with E-state index in [0.29, 0.717) is 35.9 Å². The van der Waals surface area contributed by atoms with Crippen molar-refractivity contribution in [1.29, 1.82) is 0 Å². The number of nitrogens with one attached hydrogen (secondary N) is 1. The smallest absolute Gasteiger partial charge is 0.253 e. The van der Waals surface area contributed by atoms with E-state index >= 15 is 0 Å². The highest BCUT2D eigenvalue weighted by Gasteiger charge is 2.29. The lowest BCUT2D eigenvalue weighted by atomic mass is 9.97. The number of fused-ring (bicyclic) bond motifs is 1. The van der Waals surface area contributed by atoms with Crippen LogP contribution in [0.4, 0.5) is 4.39 Å². The zero-order valence-electron chi connectivity index (χ0n) is 15.6. The van der Waals surface area contributed by atoms with Gasteiger partial charge < -0.3 is 14.4 Å². The second-order valence-electron chi connectivity index (χ2n) is 7.33. The van der Waals surface area contributed by atoms with Gasteiger partial charge in [0.2, 0.25) is 11.7 Å². The summed E-state index contributed by atoms with van der Waals surface area (Å²) in [7, 11) is 0. The van der Waals surface area contributed by atoms with E-state index in [1.807, 2.05) is 35.4 Å². The van der Waals surface area contributed by atoms with Crippen LogP contribution < -0.4 is 0 Å². The third kappa shape index (κ3) is 3.40. The quantitative estimate of drug-likeness (QED) is 0.563. The summed E-state index contributed by atoms with van der Waals surface area (Å²) in [6.07, 6.45) is 3.62. The number of carbonyl (C=O) groups is 1. The fraction of sp³-hybridized carbons (Fsp3) is 0.227. The molecule has 146 valence electrons. The summed E-state index contributed by atoms with van der Waals surface area (Å²) in [5.74, 6) is 0.641. The highest BCUT2D eigenvalue weighted by Crippen LogP contribution is 2.29. The van der Waals surface area contributed by atoms with Gasteiger partial charge in [-0.2, -0.15) is 4.98 Å². The van der Waals surface area contributed by atoms with Crippen LogP contribution in [0, 0.1) is 5.82 Å². The molecule has 1 aliphatic heterocycles. The van der Waals surface area contributed by atoms with Crippen molar-refractivity contribution in [3.05, 3.63) is 72.0 Å². The number of likely N-dealkylation sites (tertiary alicyclic amines) is 1. The fourth-order valence-electron chi connectivity index (χ4n) is 3.85. The van der Waals surface area contributed by atoms with Crippen LogP contribution in [0.1, 0.15) is 35.0 Å². The van der Waals surface area contributed by atoms with Crippen molar-refractivity contribution in [1.82, 2.24) is 20.0 Å². The molecular weight excluding hydrogens is 371 g/mol. The summed E-state index contributed by atoms with van der Waals surface area (Å²) in [5, 5.41) is 5.05. The van der Waals surface area contributed by atoms with Crippen LogP contribution in [0.15, 0.2) is 59.3 Å². The van der Waals surface area contributed by atoms with E-state index in [4.69, 9.17) is 4.52 Å². The first-order chi connectivity index (χ1) is 14.2. The van der Waals surface area contributed by atoms with Gasteiger partial charge in [-0.15, -0.1) is 0 Å². The Morgan fingerprint density at radius 3 is 2.90 bits per heavy atom. The zero-order chi connectivity index (χ0) is 19.8. The number of nitrogens with zero attached hydrogens (tertiary/aromatic N) is 3. The monoisotopic (exact) mass is 390 g/mol. The summed E-state index contributed by atoms with van der Waals surface area (Å²) < 4.78 is 18.6. The van der Waals surface area contributed by atoms with E-state index in [0.717, 1.165) is 23.7 Å². The number of benzene rings is 2. The molecule has 0 saturated carbocycles. The van der Waals surface area contributed by atoms with E-state index in [-0.39, 0.29) is 17.6 Å². The first kappa shape index (κ1) is 17.6. The molecule has 5 rings (SSSR count). The second kappa shape index (κ2) is 7.16. The third-order valence-electron chi connectivity index (χ3n) is 5.40. The molecule has 0 bridgehead atoms. The number of piperidine rings is 1. The Bertz CT molecular complexity index is 1170. The summed E-state index contributed by atoms with van der Waals surface area (Å²) in [5.41, 5.74) is 2.39. The molecule has 4 aromatic rings. The summed E-state index contributed by atoms with van der Waals surface area (Å²) >= 11 is 0. The topological polar surface area (TPSA) is 75.0 Å². The van der Waals surface area contributed by atoms with Crippen LogP contribution in [0.3, 0.4) is 0 Å². The van der Waals surface area contributed by atoms with Crippen LogP contribution in [0.25, 0.3) is 22.3 Å². The number of H-pyrrole nitrogens is 1. The lowest BCUT2D eigenvalue weighted by Gasteiger charge is -2.31. The molecule has 0 radical (unpaired) electrons. The van der Waals surface area contributed by atoms with Gasteiger partial charge in [0, 0.05) is 41.3 Å². The Morgan fingerprint density at radius 2 is 2.03 bits per heavy atom. The van der Waals surface area contributed by atoms with Crippen molar-refractivity contribution >= 4 is 16.8 Å². The number of hydrogen-bond acceptors (Lipinski definition) is 4. The molecule has 1 amide bonds. The van der Waals surface area contributed by atoms with Gasteiger partial charge in [-0.25, -0.2) is 4.39 Å². The predicted octanol–water partition coefficient (Wildman–Crippen LogP) is 4.38. The van der Waals surface area contributed by atoms with Crippen molar-refractivity contribution in [3.63, 3.8) is 0 Å². The van der Waals surface area contributed by atoms with Gasteiger partial charge in [0.25, 0.3) is 5.91 Å². The average Bonchev–Trinajstić information content (AvgIpc) is 3.43. The zero-order valence-corrected chi connectivity index (χ0v) is 15.6. The Kier molecular flexibility index (Phi) is 4.35. The molecule has 1 N–H and O–H groups in total. The Morgan fingerprint density at radius 1 is 1.17 bits per heavy atom. The largest absolute Gasteiger partial charge is 0.361 e. The van der Waals surface area contributed by atoms with Crippen molar-refractivity contribution < 1.29 is 13.7 Å². The maximum atomic E-state index is 13.1. The number of carbonyl (C=O) groups excluding carboxylic acids is 1. The van der Waals surface area contributed by atoms with Crippen molar-refractivity contribution in [2.45, 2.75) is 18.8 Å². The molecule has 0 aliphatic carbocycles. The molecular formula is C22H19FN4O2. The summed E-state index contributed by atoms with van der Waals surface area (Å²) in [4.78, 5) is 22.5. The molecule has 1 fully saturated rings. The number of aromatic nitrogens is 3. The van der Waals surface area contributed by atoms with Crippen LogP contribution in [-0.4, -0.2) is 39.0 Å². The highest BCUT2D eigenvalue weighted by atomic mass is 19.1. The SMILES string of the molecule is O=C(c1ccc2[nH]ccc2c1)N1CCC[C@H](c2nc(-c3ccc(F)cc3)no2)C1. The van der Waals surface area contributed by atoms with Gasteiger partial charge in [-0.05, 0) is 61.4 Å². The first-order valence-corrected chi connectivity index (χ1v) is 9.63. The highest BCUT2D eigenvalue weighted by molar-refractivity contribution is 5.98. The van der Waals surface area contributed by atoms with Gasteiger partial charge >= 0.3 is 0 Å². The predicted molar refractivity (Wildman–Crippen MR) is 106 cm³/mol. The van der Waals surface area contributed by atoms with Gasteiger partial charge in [0.15, 0.2) is 0 Å². The number of amides is 1. The van der Waals surface area contributed by atoms with Crippen molar-refractivity contribution in [3.8, 4) is 11.4 Å². The standard InChI is InChI=1S/C22H19FN4O2/c23-18-6-3-14(4-7-18)20-25-21(29-26-20)17-2-1-11-27(13-17)22(28)16-5-8-19-15(12-16)9-10-24-19/h3-10,12,17,24H,1-2,11,13H2/t17-/m0/s1. The number of halogens is 1. The Balaban J connectivity index is 1.34. The maximum absolute atomic E-state index is 13.1. The van der Waals surface area contributed by atoms with Crippen molar-refractivity contribution in [2.24, 2.45) is 0 Å². The Hall–Kier alpha value is -3.48. The lowest BCUT2D eigenvalue weighted by molar-refractivity contribution is 0.0696. The molecule has 6 nitrogen and oxygen atoms in total. The Labute approximate surface area is 166 Å². The van der Waals surface area contributed by atoms with Crippen LogP contribution in [0.2, 0.25) is 0 Å². The summed E-state index contributed by atoms with van der Waals surface area (Å²) in [6.45, 7) is 1.24. The summed E-state index contributed by atoms with van der Waals surface area (Å²) in [6, 6.07) is 13.6. The number of hydrogen-bond donors (Lipinski definition) is 1. The van der Waals surface area contributed by atoms with Crippen LogP contribution in [0.5, 0.6) is 0 Å². The van der Waals surface area contributed by atoms with Gasteiger partial charge in [0.1, 0.15) is 5.82 Å². The van der Waals surface area contributed by atoms with Gasteiger partial charge in [0.05, 0.1) is 5.92 Å². The molecule has 0 spiro atoms. The molecule has 29 heavy (non-hydrogen) atoms. The average molecular weight is 390 g/mol. The number of aromatic amines is 1. The molecule has 2 aromatic carbocycles. The first-order valence-electron chi connectivity index (χ1n) is 9.63. The normalized spacial score (nSPS) is 17.0. The molecule has 1 atom stereocenters. The molecule has 1 saturated heterocycles. The van der Waals surface area contributed by atoms with E-state index in [2.05, 4.69) is 15.1 Å². The molecule has 0 unspecified atom stereocenters. The maximum Gasteiger partial charge on any atom is 0.253 e. The van der Waals surface area contributed by atoms with E-state index in [9.17, 15) is 9.18 Å². The lowest BCUT2D eigenvalue weighted by Crippen LogP contribution is -2.39. The van der Waals surface area contributed by atoms with E-state index in [1.165, 1.54) is 12.1 Å². The molecule has 2 aromatic heterocycles.